The van der Waals surface area contributed by atoms with E-state index < -0.39 is 6.10 Å². The summed E-state index contributed by atoms with van der Waals surface area (Å²) in [5.41, 5.74) is 1.31. The van der Waals surface area contributed by atoms with Crippen LogP contribution in [0, 0.1) is 0 Å². The zero-order valence-electron chi connectivity index (χ0n) is 11.7. The number of hydrogen-bond donors (Lipinski definition) is 1. The number of aliphatic hydroxyl groups excluding tert-OH is 1. The summed E-state index contributed by atoms with van der Waals surface area (Å²) < 4.78 is 15.4. The predicted octanol–water partition coefficient (Wildman–Crippen LogP) is 2.19. The van der Waals surface area contributed by atoms with Gasteiger partial charge in [-0.25, -0.2) is 4.98 Å². The van der Waals surface area contributed by atoms with Crippen molar-refractivity contribution in [3.63, 3.8) is 0 Å². The van der Waals surface area contributed by atoms with Crippen LogP contribution in [-0.4, -0.2) is 31.4 Å². The molecule has 1 atom stereocenters. The molecule has 5 heteroatoms. The minimum atomic E-state index is -0.825. The Hall–Kier alpha value is -2.27. The second-order valence-corrected chi connectivity index (χ2v) is 4.14. The Morgan fingerprint density at radius 2 is 1.80 bits per heavy atom. The number of aromatic nitrogens is 1. The normalized spacial score (nSPS) is 11.8. The summed E-state index contributed by atoms with van der Waals surface area (Å²) in [6, 6.07) is 8.74. The molecular formula is C15H17NO4. The molecule has 0 fully saturated rings. The van der Waals surface area contributed by atoms with Gasteiger partial charge >= 0.3 is 0 Å². The van der Waals surface area contributed by atoms with Gasteiger partial charge in [-0.05, 0) is 18.2 Å². The molecular weight excluding hydrogens is 258 g/mol. The third kappa shape index (κ3) is 2.83. The van der Waals surface area contributed by atoms with Crippen molar-refractivity contribution in [2.24, 2.45) is 0 Å². The fraction of sp³-hybridized carbons (Fsp3) is 0.267. The monoisotopic (exact) mass is 275 g/mol. The summed E-state index contributed by atoms with van der Waals surface area (Å²) in [4.78, 5) is 4.09. The number of methoxy groups -OCH3 is 3. The summed E-state index contributed by atoms with van der Waals surface area (Å²) in [5.74, 6) is 1.74. The average molecular weight is 275 g/mol. The van der Waals surface area contributed by atoms with Crippen molar-refractivity contribution in [2.75, 3.05) is 21.3 Å². The Bertz CT molecular complexity index is 569. The van der Waals surface area contributed by atoms with Crippen LogP contribution in [0.3, 0.4) is 0 Å². The Morgan fingerprint density at radius 3 is 2.35 bits per heavy atom. The molecule has 0 spiro atoms. The molecule has 1 unspecified atom stereocenters. The zero-order valence-corrected chi connectivity index (χ0v) is 11.7. The fourth-order valence-electron chi connectivity index (χ4n) is 1.90. The van der Waals surface area contributed by atoms with Gasteiger partial charge in [-0.3, -0.25) is 0 Å². The van der Waals surface area contributed by atoms with E-state index in [4.69, 9.17) is 14.2 Å². The maximum atomic E-state index is 10.4. The Balaban J connectivity index is 2.33. The lowest BCUT2D eigenvalue weighted by atomic mass is 10.0. The molecule has 0 amide bonds. The van der Waals surface area contributed by atoms with Gasteiger partial charge in [-0.15, -0.1) is 0 Å². The number of nitrogens with zero attached hydrogens (tertiary/aromatic N) is 1. The van der Waals surface area contributed by atoms with E-state index >= 15 is 0 Å². The molecule has 5 nitrogen and oxygen atoms in total. The smallest absolute Gasteiger partial charge is 0.212 e. The lowest BCUT2D eigenvalue weighted by molar-refractivity contribution is 0.214. The minimum Gasteiger partial charge on any atom is -0.497 e. The molecule has 1 aromatic carbocycles. The van der Waals surface area contributed by atoms with Gasteiger partial charge in [-0.1, -0.05) is 0 Å². The molecule has 0 radical (unpaired) electrons. The van der Waals surface area contributed by atoms with Crippen LogP contribution in [-0.2, 0) is 0 Å². The van der Waals surface area contributed by atoms with Gasteiger partial charge < -0.3 is 19.3 Å². The van der Waals surface area contributed by atoms with Crippen LogP contribution in [0.2, 0.25) is 0 Å². The van der Waals surface area contributed by atoms with E-state index in [1.807, 2.05) is 0 Å². The van der Waals surface area contributed by atoms with Gasteiger partial charge in [0.15, 0.2) is 0 Å². The maximum Gasteiger partial charge on any atom is 0.212 e. The summed E-state index contributed by atoms with van der Waals surface area (Å²) in [6.45, 7) is 0. The molecule has 1 N–H and O–H groups in total. The van der Waals surface area contributed by atoms with Gasteiger partial charge in [0, 0.05) is 29.5 Å². The number of rotatable bonds is 5. The zero-order chi connectivity index (χ0) is 14.5. The molecule has 0 saturated carbocycles. The highest BCUT2D eigenvalue weighted by Crippen LogP contribution is 2.32. The Morgan fingerprint density at radius 1 is 1.00 bits per heavy atom. The van der Waals surface area contributed by atoms with E-state index in [9.17, 15) is 5.11 Å². The summed E-state index contributed by atoms with van der Waals surface area (Å²) >= 11 is 0. The third-order valence-corrected chi connectivity index (χ3v) is 3.02. The lowest BCUT2D eigenvalue weighted by Crippen LogP contribution is -2.03. The number of aliphatic hydroxyl groups is 1. The quantitative estimate of drug-likeness (QED) is 0.906. The van der Waals surface area contributed by atoms with Crippen LogP contribution in [0.25, 0.3) is 0 Å². The molecule has 2 aromatic rings. The molecule has 1 heterocycles. The van der Waals surface area contributed by atoms with Gasteiger partial charge in [0.25, 0.3) is 0 Å². The second kappa shape index (κ2) is 6.25. The number of hydrogen-bond acceptors (Lipinski definition) is 5. The van der Waals surface area contributed by atoms with Crippen LogP contribution >= 0.6 is 0 Å². The van der Waals surface area contributed by atoms with Crippen molar-refractivity contribution >= 4 is 0 Å². The lowest BCUT2D eigenvalue weighted by Gasteiger charge is -2.16. The van der Waals surface area contributed by atoms with Gasteiger partial charge in [0.1, 0.15) is 17.6 Å². The molecule has 0 saturated heterocycles. The molecule has 0 aliphatic carbocycles. The number of ether oxygens (including phenoxy) is 3. The van der Waals surface area contributed by atoms with Crippen LogP contribution < -0.4 is 14.2 Å². The van der Waals surface area contributed by atoms with Crippen LogP contribution in [0.15, 0.2) is 36.5 Å². The molecule has 2 rings (SSSR count). The summed E-state index contributed by atoms with van der Waals surface area (Å²) in [5, 5.41) is 10.4. The first kappa shape index (κ1) is 14.1. The van der Waals surface area contributed by atoms with Crippen molar-refractivity contribution in [1.82, 2.24) is 4.98 Å². The van der Waals surface area contributed by atoms with Crippen LogP contribution in [0.4, 0.5) is 0 Å². The molecule has 106 valence electrons. The van der Waals surface area contributed by atoms with Crippen molar-refractivity contribution in [2.45, 2.75) is 6.10 Å². The van der Waals surface area contributed by atoms with Gasteiger partial charge in [-0.2, -0.15) is 0 Å². The molecule has 0 aliphatic heterocycles. The third-order valence-electron chi connectivity index (χ3n) is 3.02. The van der Waals surface area contributed by atoms with Crippen molar-refractivity contribution in [1.29, 1.82) is 0 Å². The Labute approximate surface area is 117 Å². The van der Waals surface area contributed by atoms with E-state index in [1.165, 1.54) is 0 Å². The van der Waals surface area contributed by atoms with Crippen molar-refractivity contribution < 1.29 is 19.3 Å². The number of benzene rings is 1. The highest BCUT2D eigenvalue weighted by Gasteiger charge is 2.16. The molecule has 20 heavy (non-hydrogen) atoms. The first-order valence-corrected chi connectivity index (χ1v) is 6.09. The van der Waals surface area contributed by atoms with E-state index in [0.29, 0.717) is 28.5 Å². The Kier molecular flexibility index (Phi) is 4.42. The predicted molar refractivity (Wildman–Crippen MR) is 74.4 cm³/mol. The first-order chi connectivity index (χ1) is 9.69. The highest BCUT2D eigenvalue weighted by molar-refractivity contribution is 5.45. The van der Waals surface area contributed by atoms with E-state index in [2.05, 4.69) is 4.98 Å². The number of pyridine rings is 1. The standard InChI is InChI=1S/C15H17NO4/c1-18-11-5-6-12(13(8-11)19-2)15(17)10-4-7-14(20-3)16-9-10/h4-9,15,17H,1-3H3. The topological polar surface area (TPSA) is 60.8 Å². The van der Waals surface area contributed by atoms with Crippen molar-refractivity contribution in [3.05, 3.63) is 47.7 Å². The first-order valence-electron chi connectivity index (χ1n) is 6.09. The van der Waals surface area contributed by atoms with Gasteiger partial charge in [0.05, 0.1) is 21.3 Å². The molecule has 1 aromatic heterocycles. The summed E-state index contributed by atoms with van der Waals surface area (Å²) in [6.07, 6.45) is 0.752. The molecule has 0 aliphatic rings. The largest absolute Gasteiger partial charge is 0.497 e. The minimum absolute atomic E-state index is 0.502. The van der Waals surface area contributed by atoms with Crippen molar-refractivity contribution in [3.8, 4) is 17.4 Å². The summed E-state index contributed by atoms with van der Waals surface area (Å²) in [7, 11) is 4.68. The van der Waals surface area contributed by atoms with Gasteiger partial charge in [0.2, 0.25) is 5.88 Å². The van der Waals surface area contributed by atoms with Crippen LogP contribution in [0.1, 0.15) is 17.2 Å². The van der Waals surface area contributed by atoms with Crippen LogP contribution in [0.5, 0.6) is 17.4 Å². The second-order valence-electron chi connectivity index (χ2n) is 4.14. The van der Waals surface area contributed by atoms with E-state index in [1.54, 1.807) is 57.9 Å². The maximum absolute atomic E-state index is 10.4. The van der Waals surface area contributed by atoms with E-state index in [-0.39, 0.29) is 0 Å². The highest BCUT2D eigenvalue weighted by atomic mass is 16.5. The van der Waals surface area contributed by atoms with E-state index in [0.717, 1.165) is 0 Å². The average Bonchev–Trinajstić information content (AvgIpc) is 2.53. The fourth-order valence-corrected chi connectivity index (χ4v) is 1.90. The SMILES string of the molecule is COc1ccc(C(O)c2ccc(OC)nc2)c(OC)c1. The molecule has 0 bridgehead atoms.